The van der Waals surface area contributed by atoms with Gasteiger partial charge in [-0.25, -0.2) is 4.39 Å². The van der Waals surface area contributed by atoms with Gasteiger partial charge in [-0.05, 0) is 43.3 Å². The van der Waals surface area contributed by atoms with Gasteiger partial charge in [-0.1, -0.05) is 0 Å². The highest BCUT2D eigenvalue weighted by atomic mass is 19.1. The molecule has 0 aliphatic carbocycles. The van der Waals surface area contributed by atoms with Gasteiger partial charge >= 0.3 is 0 Å². The average molecular weight is 219 g/mol. The molecule has 0 fully saturated rings. The van der Waals surface area contributed by atoms with Crippen molar-refractivity contribution in [1.29, 1.82) is 0 Å². The van der Waals surface area contributed by atoms with Gasteiger partial charge in [-0.3, -0.25) is 0 Å². The number of benzene rings is 1. The van der Waals surface area contributed by atoms with Crippen LogP contribution in [0, 0.1) is 5.82 Å². The van der Waals surface area contributed by atoms with E-state index < -0.39 is 0 Å². The van der Waals surface area contributed by atoms with Gasteiger partial charge in [0.05, 0.1) is 0 Å². The van der Waals surface area contributed by atoms with E-state index in [0.29, 0.717) is 6.42 Å². The van der Waals surface area contributed by atoms with E-state index in [1.165, 1.54) is 12.1 Å². The van der Waals surface area contributed by atoms with Crippen LogP contribution in [0.2, 0.25) is 0 Å². The normalized spacial score (nSPS) is 12.7. The maximum atomic E-state index is 12.7. The quantitative estimate of drug-likeness (QED) is 0.861. The summed E-state index contributed by atoms with van der Waals surface area (Å²) in [6, 6.07) is 10.1. The molecule has 0 saturated heterocycles. The molecule has 0 amide bonds. The third-order valence-electron chi connectivity index (χ3n) is 2.31. The minimum Gasteiger partial charge on any atom is -0.461 e. The Balaban J connectivity index is 2.21. The number of furan rings is 1. The van der Waals surface area contributed by atoms with Crippen LogP contribution in [-0.2, 0) is 6.42 Å². The van der Waals surface area contributed by atoms with Crippen molar-refractivity contribution in [2.45, 2.75) is 19.4 Å². The van der Waals surface area contributed by atoms with Crippen LogP contribution >= 0.6 is 0 Å². The fourth-order valence-corrected chi connectivity index (χ4v) is 1.57. The van der Waals surface area contributed by atoms with E-state index in [9.17, 15) is 4.39 Å². The molecule has 1 aromatic heterocycles. The Morgan fingerprint density at radius 2 is 1.88 bits per heavy atom. The lowest BCUT2D eigenvalue weighted by Crippen LogP contribution is -2.17. The van der Waals surface area contributed by atoms with Crippen molar-refractivity contribution in [3.05, 3.63) is 48.0 Å². The van der Waals surface area contributed by atoms with Gasteiger partial charge in [0.25, 0.3) is 0 Å². The summed E-state index contributed by atoms with van der Waals surface area (Å²) in [5.41, 5.74) is 6.56. The second-order valence-electron chi connectivity index (χ2n) is 3.95. The van der Waals surface area contributed by atoms with Gasteiger partial charge in [-0.2, -0.15) is 0 Å². The summed E-state index contributed by atoms with van der Waals surface area (Å²) in [5.74, 6) is 1.36. The van der Waals surface area contributed by atoms with Crippen molar-refractivity contribution >= 4 is 0 Å². The summed E-state index contributed by atoms with van der Waals surface area (Å²) in [6.07, 6.45) is 0.710. The zero-order valence-electron chi connectivity index (χ0n) is 9.11. The fraction of sp³-hybridized carbons (Fsp3) is 0.231. The molecule has 0 unspecified atom stereocenters. The maximum absolute atomic E-state index is 12.7. The fourth-order valence-electron chi connectivity index (χ4n) is 1.57. The van der Waals surface area contributed by atoms with E-state index in [0.717, 1.165) is 17.1 Å². The summed E-state index contributed by atoms with van der Waals surface area (Å²) in [5, 5.41) is 0. The van der Waals surface area contributed by atoms with Gasteiger partial charge in [0, 0.05) is 18.0 Å². The van der Waals surface area contributed by atoms with E-state index in [1.807, 2.05) is 19.1 Å². The zero-order valence-corrected chi connectivity index (χ0v) is 9.11. The lowest BCUT2D eigenvalue weighted by Gasteiger charge is -2.01. The first kappa shape index (κ1) is 10.9. The van der Waals surface area contributed by atoms with Crippen molar-refractivity contribution in [3.8, 4) is 11.3 Å². The third-order valence-corrected chi connectivity index (χ3v) is 2.31. The van der Waals surface area contributed by atoms with E-state index >= 15 is 0 Å². The number of halogens is 1. The van der Waals surface area contributed by atoms with Crippen LogP contribution in [0.4, 0.5) is 4.39 Å². The Labute approximate surface area is 93.9 Å². The first-order valence-electron chi connectivity index (χ1n) is 5.25. The van der Waals surface area contributed by atoms with Crippen LogP contribution in [0.1, 0.15) is 12.7 Å². The molecule has 2 nitrogen and oxygen atoms in total. The summed E-state index contributed by atoms with van der Waals surface area (Å²) < 4.78 is 18.4. The van der Waals surface area contributed by atoms with E-state index in [-0.39, 0.29) is 11.9 Å². The molecule has 0 saturated carbocycles. The van der Waals surface area contributed by atoms with E-state index in [2.05, 4.69) is 0 Å². The van der Waals surface area contributed by atoms with Crippen molar-refractivity contribution < 1.29 is 8.81 Å². The molecule has 16 heavy (non-hydrogen) atoms. The molecule has 0 radical (unpaired) electrons. The molecule has 2 rings (SSSR count). The maximum Gasteiger partial charge on any atom is 0.134 e. The van der Waals surface area contributed by atoms with Crippen molar-refractivity contribution in [2.75, 3.05) is 0 Å². The third kappa shape index (κ3) is 2.49. The molecule has 0 spiro atoms. The van der Waals surface area contributed by atoms with Crippen molar-refractivity contribution in [2.24, 2.45) is 5.73 Å². The summed E-state index contributed by atoms with van der Waals surface area (Å²) >= 11 is 0. The Morgan fingerprint density at radius 1 is 1.19 bits per heavy atom. The van der Waals surface area contributed by atoms with E-state index in [1.54, 1.807) is 12.1 Å². The Bertz CT molecular complexity index is 459. The first-order valence-corrected chi connectivity index (χ1v) is 5.25. The van der Waals surface area contributed by atoms with Gasteiger partial charge in [0.15, 0.2) is 0 Å². The van der Waals surface area contributed by atoms with Gasteiger partial charge in [0.1, 0.15) is 17.3 Å². The Hall–Kier alpha value is -1.61. The highest BCUT2D eigenvalue weighted by molar-refractivity contribution is 5.57. The average Bonchev–Trinajstić information content (AvgIpc) is 2.66. The Morgan fingerprint density at radius 3 is 2.50 bits per heavy atom. The summed E-state index contributed by atoms with van der Waals surface area (Å²) in [6.45, 7) is 1.93. The van der Waals surface area contributed by atoms with Crippen molar-refractivity contribution in [3.63, 3.8) is 0 Å². The monoisotopic (exact) mass is 219 g/mol. The predicted octanol–water partition coefficient (Wildman–Crippen LogP) is 2.98. The molecular formula is C13H14FNO. The second kappa shape index (κ2) is 4.49. The SMILES string of the molecule is C[C@H](N)Cc1ccc(-c2ccc(F)cc2)o1. The molecule has 1 heterocycles. The van der Waals surface area contributed by atoms with Crippen LogP contribution in [0.15, 0.2) is 40.8 Å². The molecule has 1 aromatic carbocycles. The molecule has 84 valence electrons. The van der Waals surface area contributed by atoms with Crippen LogP contribution in [0.25, 0.3) is 11.3 Å². The highest BCUT2D eigenvalue weighted by Crippen LogP contribution is 2.22. The molecule has 3 heteroatoms. The van der Waals surface area contributed by atoms with Crippen molar-refractivity contribution in [1.82, 2.24) is 0 Å². The highest BCUT2D eigenvalue weighted by Gasteiger charge is 2.06. The minimum absolute atomic E-state index is 0.0761. The Kier molecular flexibility index (Phi) is 3.06. The molecule has 1 atom stereocenters. The summed E-state index contributed by atoms with van der Waals surface area (Å²) in [4.78, 5) is 0. The zero-order chi connectivity index (χ0) is 11.5. The largest absolute Gasteiger partial charge is 0.461 e. The molecule has 0 aliphatic heterocycles. The standard InChI is InChI=1S/C13H14FNO/c1-9(15)8-12-6-7-13(16-12)10-2-4-11(14)5-3-10/h2-7,9H,8,15H2,1H3/t9-/m0/s1. The number of rotatable bonds is 3. The first-order chi connectivity index (χ1) is 7.65. The minimum atomic E-state index is -0.244. The smallest absolute Gasteiger partial charge is 0.134 e. The summed E-state index contributed by atoms with van der Waals surface area (Å²) in [7, 11) is 0. The number of hydrogen-bond donors (Lipinski definition) is 1. The predicted molar refractivity (Wildman–Crippen MR) is 61.5 cm³/mol. The second-order valence-corrected chi connectivity index (χ2v) is 3.95. The number of nitrogens with two attached hydrogens (primary N) is 1. The molecule has 0 aliphatic rings. The van der Waals surface area contributed by atoms with Crippen LogP contribution in [0.5, 0.6) is 0 Å². The molecule has 0 bridgehead atoms. The van der Waals surface area contributed by atoms with Gasteiger partial charge in [0.2, 0.25) is 0 Å². The van der Waals surface area contributed by atoms with Crippen LogP contribution in [-0.4, -0.2) is 6.04 Å². The molecular weight excluding hydrogens is 205 g/mol. The lowest BCUT2D eigenvalue weighted by atomic mass is 10.2. The molecule has 2 N–H and O–H groups in total. The molecule has 2 aromatic rings. The number of hydrogen-bond acceptors (Lipinski definition) is 2. The van der Waals surface area contributed by atoms with Gasteiger partial charge in [-0.15, -0.1) is 0 Å². The van der Waals surface area contributed by atoms with Crippen LogP contribution in [0.3, 0.4) is 0 Å². The van der Waals surface area contributed by atoms with E-state index in [4.69, 9.17) is 10.2 Å². The topological polar surface area (TPSA) is 39.2 Å². The van der Waals surface area contributed by atoms with Gasteiger partial charge < -0.3 is 10.2 Å². The lowest BCUT2D eigenvalue weighted by molar-refractivity contribution is 0.503. The van der Waals surface area contributed by atoms with Crippen LogP contribution < -0.4 is 5.73 Å².